The molecule has 2 heterocycles. The zero-order chi connectivity index (χ0) is 12.8. The molecule has 0 radical (unpaired) electrons. The highest BCUT2D eigenvalue weighted by Crippen LogP contribution is 2.50. The van der Waals surface area contributed by atoms with Gasteiger partial charge in [0.05, 0.1) is 5.41 Å². The number of hydrogen-bond donors (Lipinski definition) is 0. The lowest BCUT2D eigenvalue weighted by Crippen LogP contribution is -2.39. The van der Waals surface area contributed by atoms with Crippen LogP contribution in [0.3, 0.4) is 0 Å². The first-order chi connectivity index (χ1) is 8.62. The summed E-state index contributed by atoms with van der Waals surface area (Å²) >= 11 is 5.99. The molecule has 0 saturated heterocycles. The quantitative estimate of drug-likeness (QED) is 0.616. The minimum Gasteiger partial charge on any atom is -0.320 e. The van der Waals surface area contributed by atoms with Gasteiger partial charge in [0, 0.05) is 13.2 Å². The highest BCUT2D eigenvalue weighted by atomic mass is 35.5. The van der Waals surface area contributed by atoms with E-state index in [2.05, 4.69) is 21.8 Å². The van der Waals surface area contributed by atoms with Gasteiger partial charge in [-0.05, 0) is 30.5 Å². The van der Waals surface area contributed by atoms with Crippen LogP contribution < -0.4 is 0 Å². The average molecular weight is 261 g/mol. The van der Waals surface area contributed by atoms with Crippen molar-refractivity contribution in [2.45, 2.75) is 18.3 Å². The topological polar surface area (TPSA) is 43.6 Å². The standard InChI is InChI=1S/C13H13ClN4/c1-9-6-13(7-9,12-17-16-8-18(12)2)10-3-4-15-11(14)5-10/h3-5,8H,1,6-7H2,2H3. The summed E-state index contributed by atoms with van der Waals surface area (Å²) in [7, 11) is 1.96. The van der Waals surface area contributed by atoms with Gasteiger partial charge in [0.25, 0.3) is 0 Å². The van der Waals surface area contributed by atoms with Gasteiger partial charge in [0.15, 0.2) is 0 Å². The smallest absolute Gasteiger partial charge is 0.143 e. The monoisotopic (exact) mass is 260 g/mol. The molecule has 0 aromatic carbocycles. The summed E-state index contributed by atoms with van der Waals surface area (Å²) < 4.78 is 1.96. The molecule has 3 rings (SSSR count). The van der Waals surface area contributed by atoms with Crippen molar-refractivity contribution in [2.24, 2.45) is 7.05 Å². The minimum absolute atomic E-state index is 0.144. The molecule has 1 aliphatic rings. The lowest BCUT2D eigenvalue weighted by molar-refractivity contribution is 0.369. The number of hydrogen-bond acceptors (Lipinski definition) is 3. The maximum absolute atomic E-state index is 5.99. The first-order valence-corrected chi connectivity index (χ1v) is 6.13. The third kappa shape index (κ3) is 1.56. The molecule has 2 aromatic rings. The van der Waals surface area contributed by atoms with E-state index in [-0.39, 0.29) is 5.41 Å². The maximum atomic E-state index is 5.99. The summed E-state index contributed by atoms with van der Waals surface area (Å²) in [6.07, 6.45) is 5.23. The predicted molar refractivity (Wildman–Crippen MR) is 69.4 cm³/mol. The third-order valence-electron chi connectivity index (χ3n) is 3.52. The van der Waals surface area contributed by atoms with Crippen molar-refractivity contribution in [1.29, 1.82) is 0 Å². The van der Waals surface area contributed by atoms with Crippen molar-refractivity contribution < 1.29 is 0 Å². The van der Waals surface area contributed by atoms with Gasteiger partial charge in [0.1, 0.15) is 17.3 Å². The van der Waals surface area contributed by atoms with Crippen LogP contribution in [-0.2, 0) is 12.5 Å². The van der Waals surface area contributed by atoms with Crippen molar-refractivity contribution >= 4 is 11.6 Å². The first kappa shape index (κ1) is 11.4. The van der Waals surface area contributed by atoms with Crippen molar-refractivity contribution in [3.8, 4) is 0 Å². The maximum Gasteiger partial charge on any atom is 0.143 e. The summed E-state index contributed by atoms with van der Waals surface area (Å²) in [5, 5.41) is 8.74. The Morgan fingerprint density at radius 3 is 2.78 bits per heavy atom. The van der Waals surface area contributed by atoms with Crippen molar-refractivity contribution in [2.75, 3.05) is 0 Å². The van der Waals surface area contributed by atoms with Gasteiger partial charge in [0.2, 0.25) is 0 Å². The molecule has 18 heavy (non-hydrogen) atoms. The number of allylic oxidation sites excluding steroid dienone is 1. The number of aryl methyl sites for hydroxylation is 1. The molecule has 92 valence electrons. The second-order valence-corrected chi connectivity index (χ2v) is 5.21. The van der Waals surface area contributed by atoms with Crippen LogP contribution in [0.1, 0.15) is 24.2 Å². The number of aromatic nitrogens is 4. The third-order valence-corrected chi connectivity index (χ3v) is 3.73. The van der Waals surface area contributed by atoms with E-state index in [4.69, 9.17) is 11.6 Å². The van der Waals surface area contributed by atoms with Gasteiger partial charge >= 0.3 is 0 Å². The summed E-state index contributed by atoms with van der Waals surface area (Å²) in [6.45, 7) is 4.04. The molecular weight excluding hydrogens is 248 g/mol. The highest BCUT2D eigenvalue weighted by molar-refractivity contribution is 6.29. The second kappa shape index (κ2) is 3.92. The molecule has 1 fully saturated rings. The van der Waals surface area contributed by atoms with Gasteiger partial charge in [-0.15, -0.1) is 10.2 Å². The molecule has 1 saturated carbocycles. The number of rotatable bonds is 2. The Bertz CT molecular complexity index is 609. The number of nitrogens with zero attached hydrogens (tertiary/aromatic N) is 4. The summed E-state index contributed by atoms with van der Waals surface area (Å²) in [5.41, 5.74) is 2.21. The average Bonchev–Trinajstić information content (AvgIpc) is 2.71. The Hall–Kier alpha value is -1.68. The van der Waals surface area contributed by atoms with Crippen molar-refractivity contribution in [3.05, 3.63) is 53.3 Å². The fourth-order valence-electron chi connectivity index (χ4n) is 2.71. The fourth-order valence-corrected chi connectivity index (χ4v) is 2.88. The molecular formula is C13H13ClN4. The summed E-state index contributed by atoms with van der Waals surface area (Å²) in [4.78, 5) is 4.03. The van der Waals surface area contributed by atoms with Gasteiger partial charge in [-0.2, -0.15) is 0 Å². The van der Waals surface area contributed by atoms with Gasteiger partial charge in [-0.25, -0.2) is 4.98 Å². The Morgan fingerprint density at radius 1 is 1.44 bits per heavy atom. The van der Waals surface area contributed by atoms with Crippen LogP contribution in [0.15, 0.2) is 36.8 Å². The van der Waals surface area contributed by atoms with Crippen LogP contribution in [0.2, 0.25) is 5.15 Å². The first-order valence-electron chi connectivity index (χ1n) is 5.75. The highest BCUT2D eigenvalue weighted by Gasteiger charge is 2.46. The Labute approximate surface area is 110 Å². The van der Waals surface area contributed by atoms with Crippen LogP contribution in [0.4, 0.5) is 0 Å². The van der Waals surface area contributed by atoms with Crippen LogP contribution >= 0.6 is 11.6 Å². The summed E-state index contributed by atoms with van der Waals surface area (Å²) in [6, 6.07) is 3.90. The predicted octanol–water partition coefficient (Wildman–Crippen LogP) is 2.50. The van der Waals surface area contributed by atoms with E-state index in [1.54, 1.807) is 12.5 Å². The fraction of sp³-hybridized carbons (Fsp3) is 0.308. The van der Waals surface area contributed by atoms with Crippen molar-refractivity contribution in [1.82, 2.24) is 19.7 Å². The SMILES string of the molecule is C=C1CC(c2ccnc(Cl)c2)(c2nncn2C)C1. The normalized spacial score (nSPS) is 17.6. The molecule has 0 bridgehead atoms. The molecule has 1 aliphatic carbocycles. The van der Waals surface area contributed by atoms with E-state index < -0.39 is 0 Å². The molecule has 0 amide bonds. The van der Waals surface area contributed by atoms with E-state index in [9.17, 15) is 0 Å². The van der Waals surface area contributed by atoms with Crippen LogP contribution in [0.25, 0.3) is 0 Å². The molecule has 2 aromatic heterocycles. The molecule has 0 spiro atoms. The zero-order valence-electron chi connectivity index (χ0n) is 10.1. The van der Waals surface area contributed by atoms with E-state index in [0.29, 0.717) is 5.15 Å². The number of halogens is 1. The van der Waals surface area contributed by atoms with E-state index in [1.807, 2.05) is 23.7 Å². The van der Waals surface area contributed by atoms with E-state index in [1.165, 1.54) is 5.57 Å². The minimum atomic E-state index is -0.144. The van der Waals surface area contributed by atoms with Crippen molar-refractivity contribution in [3.63, 3.8) is 0 Å². The van der Waals surface area contributed by atoms with Crippen LogP contribution in [-0.4, -0.2) is 19.7 Å². The van der Waals surface area contributed by atoms with E-state index >= 15 is 0 Å². The lowest BCUT2D eigenvalue weighted by atomic mass is 9.61. The molecule has 0 atom stereocenters. The zero-order valence-corrected chi connectivity index (χ0v) is 10.9. The van der Waals surface area contributed by atoms with Gasteiger partial charge in [-0.1, -0.05) is 23.8 Å². The molecule has 0 N–H and O–H groups in total. The van der Waals surface area contributed by atoms with Gasteiger partial charge < -0.3 is 4.57 Å². The Balaban J connectivity index is 2.14. The molecule has 0 aliphatic heterocycles. The Morgan fingerprint density at radius 2 is 2.22 bits per heavy atom. The Kier molecular flexibility index (Phi) is 2.48. The van der Waals surface area contributed by atoms with Crippen LogP contribution in [0, 0.1) is 0 Å². The van der Waals surface area contributed by atoms with Crippen LogP contribution in [0.5, 0.6) is 0 Å². The molecule has 4 nitrogen and oxygen atoms in total. The molecule has 0 unspecified atom stereocenters. The van der Waals surface area contributed by atoms with Gasteiger partial charge in [-0.3, -0.25) is 0 Å². The molecule has 5 heteroatoms. The van der Waals surface area contributed by atoms with E-state index in [0.717, 1.165) is 24.2 Å². The second-order valence-electron chi connectivity index (χ2n) is 4.82. The largest absolute Gasteiger partial charge is 0.320 e. The summed E-state index contributed by atoms with van der Waals surface area (Å²) in [5.74, 6) is 0.956. The lowest BCUT2D eigenvalue weighted by Gasteiger charge is -2.42. The number of pyridine rings is 1.